The molecule has 1 aliphatic carbocycles. The van der Waals surface area contributed by atoms with E-state index in [2.05, 4.69) is 32.1 Å². The standard InChI is InChI=1S/C33H46N6O8S/c1-9-16-33(8,29(42)38-48(44,45)22-14-15-22)36-26(40)24-17-21(46-27-23-13-11-10-12-20(23)18-34-37-27)19-39(24)28(41)25(31(2,3)4)35-30(43)47-32(5,6)7/h9-13,18,21-22,24-25H,1,14-17,19H2,2-8H3,(H,35,43)(H,36,40)(H,38,42)/t21-,24+,25-,33+/m1/s1. The van der Waals surface area contributed by atoms with Crippen LogP contribution < -0.4 is 20.1 Å². The minimum atomic E-state index is -3.92. The van der Waals surface area contributed by atoms with Crippen molar-refractivity contribution in [2.24, 2.45) is 5.41 Å². The fourth-order valence-electron chi connectivity index (χ4n) is 5.41. The number of alkyl carbamates (subject to hydrolysis) is 1. The first kappa shape index (κ1) is 36.6. The zero-order chi connectivity index (χ0) is 35.7. The lowest BCUT2D eigenvalue weighted by molar-refractivity contribution is -0.143. The van der Waals surface area contributed by atoms with Gasteiger partial charge >= 0.3 is 6.09 Å². The molecule has 1 saturated heterocycles. The summed E-state index contributed by atoms with van der Waals surface area (Å²) in [6.45, 7) is 15.4. The molecule has 2 aromatic rings. The Morgan fingerprint density at radius 1 is 1.08 bits per heavy atom. The van der Waals surface area contributed by atoms with Gasteiger partial charge in [-0.2, -0.15) is 5.10 Å². The highest BCUT2D eigenvalue weighted by atomic mass is 32.2. The summed E-state index contributed by atoms with van der Waals surface area (Å²) < 4.78 is 39.0. The molecule has 3 N–H and O–H groups in total. The van der Waals surface area contributed by atoms with E-state index in [1.54, 1.807) is 47.7 Å². The molecule has 262 valence electrons. The number of amides is 4. The van der Waals surface area contributed by atoms with Crippen LogP contribution in [0, 0.1) is 5.41 Å². The van der Waals surface area contributed by atoms with Crippen LogP contribution in [0.25, 0.3) is 10.8 Å². The van der Waals surface area contributed by atoms with Crippen molar-refractivity contribution in [2.75, 3.05) is 6.54 Å². The highest BCUT2D eigenvalue weighted by Gasteiger charge is 2.48. The number of carbonyl (C=O) groups excluding carboxylic acids is 4. The van der Waals surface area contributed by atoms with Gasteiger partial charge in [0, 0.05) is 17.2 Å². The number of likely N-dealkylation sites (tertiary alicyclic amines) is 1. The second-order valence-corrected chi connectivity index (χ2v) is 16.6. The van der Waals surface area contributed by atoms with Crippen molar-refractivity contribution >= 4 is 44.6 Å². The number of benzene rings is 1. The van der Waals surface area contributed by atoms with Crippen LogP contribution >= 0.6 is 0 Å². The van der Waals surface area contributed by atoms with Crippen LogP contribution in [0.4, 0.5) is 4.79 Å². The Morgan fingerprint density at radius 3 is 2.35 bits per heavy atom. The lowest BCUT2D eigenvalue weighted by Gasteiger charge is -2.36. The summed E-state index contributed by atoms with van der Waals surface area (Å²) in [5, 5.41) is 14.3. The lowest BCUT2D eigenvalue weighted by atomic mass is 9.85. The summed E-state index contributed by atoms with van der Waals surface area (Å²) >= 11 is 0. The number of rotatable bonds is 11. The minimum Gasteiger partial charge on any atom is -0.471 e. The average Bonchev–Trinajstić information content (AvgIpc) is 3.75. The quantitative estimate of drug-likeness (QED) is 0.297. The fourth-order valence-corrected chi connectivity index (χ4v) is 6.82. The summed E-state index contributed by atoms with van der Waals surface area (Å²) in [5.74, 6) is -2.00. The van der Waals surface area contributed by atoms with Gasteiger partial charge in [0.2, 0.25) is 27.7 Å². The molecule has 2 aliphatic rings. The number of ether oxygens (including phenoxy) is 2. The van der Waals surface area contributed by atoms with Gasteiger partial charge in [-0.15, -0.1) is 11.7 Å². The van der Waals surface area contributed by atoms with Gasteiger partial charge < -0.3 is 25.0 Å². The van der Waals surface area contributed by atoms with E-state index in [1.807, 2.05) is 24.3 Å². The summed E-state index contributed by atoms with van der Waals surface area (Å²) in [6, 6.07) is 5.04. The summed E-state index contributed by atoms with van der Waals surface area (Å²) in [5.41, 5.74) is -3.36. The predicted molar refractivity (Wildman–Crippen MR) is 178 cm³/mol. The first-order valence-electron chi connectivity index (χ1n) is 15.9. The van der Waals surface area contributed by atoms with E-state index >= 15 is 0 Å². The Bertz CT molecular complexity index is 1680. The third-order valence-corrected chi connectivity index (χ3v) is 9.91. The molecule has 4 rings (SSSR count). The van der Waals surface area contributed by atoms with Crippen LogP contribution in [0.3, 0.4) is 0 Å². The van der Waals surface area contributed by atoms with Gasteiger partial charge in [0.15, 0.2) is 0 Å². The molecule has 1 saturated carbocycles. The van der Waals surface area contributed by atoms with Crippen molar-refractivity contribution in [3.05, 3.63) is 43.1 Å². The number of fused-ring (bicyclic) bond motifs is 1. The molecule has 48 heavy (non-hydrogen) atoms. The fraction of sp³-hybridized carbons (Fsp3) is 0.576. The molecular formula is C33H46N6O8S. The molecule has 15 heteroatoms. The maximum absolute atomic E-state index is 14.3. The highest BCUT2D eigenvalue weighted by Crippen LogP contribution is 2.31. The smallest absolute Gasteiger partial charge is 0.408 e. The van der Waals surface area contributed by atoms with Crippen molar-refractivity contribution in [1.29, 1.82) is 0 Å². The van der Waals surface area contributed by atoms with E-state index in [9.17, 15) is 27.6 Å². The molecule has 4 atom stereocenters. The molecular weight excluding hydrogens is 640 g/mol. The zero-order valence-corrected chi connectivity index (χ0v) is 29.3. The van der Waals surface area contributed by atoms with Gasteiger partial charge in [-0.05, 0) is 58.4 Å². The average molecular weight is 687 g/mol. The molecule has 2 heterocycles. The minimum absolute atomic E-state index is 0.00205. The summed E-state index contributed by atoms with van der Waals surface area (Å²) in [7, 11) is -3.92. The van der Waals surface area contributed by atoms with Crippen molar-refractivity contribution in [3.63, 3.8) is 0 Å². The number of carbonyl (C=O) groups is 4. The second kappa shape index (κ2) is 13.7. The van der Waals surface area contributed by atoms with Gasteiger partial charge in [-0.3, -0.25) is 19.1 Å². The second-order valence-electron chi connectivity index (χ2n) is 14.7. The topological polar surface area (TPSA) is 186 Å². The predicted octanol–water partition coefficient (Wildman–Crippen LogP) is 2.98. The highest BCUT2D eigenvalue weighted by molar-refractivity contribution is 7.90. The molecule has 2 fully saturated rings. The van der Waals surface area contributed by atoms with Gasteiger partial charge in [0.1, 0.15) is 29.3 Å². The number of hydrogen-bond acceptors (Lipinski definition) is 10. The van der Waals surface area contributed by atoms with E-state index < -0.39 is 73.8 Å². The Hall–Kier alpha value is -4.27. The van der Waals surface area contributed by atoms with Gasteiger partial charge in [-0.25, -0.2) is 13.2 Å². The van der Waals surface area contributed by atoms with E-state index in [-0.39, 0.29) is 25.3 Å². The van der Waals surface area contributed by atoms with Crippen LogP contribution in [0.15, 0.2) is 43.1 Å². The third kappa shape index (κ3) is 8.79. The zero-order valence-electron chi connectivity index (χ0n) is 28.5. The molecule has 1 aromatic heterocycles. The maximum Gasteiger partial charge on any atom is 0.408 e. The van der Waals surface area contributed by atoms with Crippen LogP contribution in [-0.4, -0.2) is 88.5 Å². The first-order valence-corrected chi connectivity index (χ1v) is 17.4. The largest absolute Gasteiger partial charge is 0.471 e. The van der Waals surface area contributed by atoms with E-state index in [0.29, 0.717) is 18.2 Å². The number of aromatic nitrogens is 2. The Kier molecular flexibility index (Phi) is 10.4. The van der Waals surface area contributed by atoms with Crippen LogP contribution in [0.1, 0.15) is 74.1 Å². The molecule has 14 nitrogen and oxygen atoms in total. The maximum atomic E-state index is 14.3. The summed E-state index contributed by atoms with van der Waals surface area (Å²) in [6.07, 6.45) is 2.24. The summed E-state index contributed by atoms with van der Waals surface area (Å²) in [4.78, 5) is 55.9. The normalized spacial score (nSPS) is 20.3. The van der Waals surface area contributed by atoms with Crippen LogP contribution in [0.5, 0.6) is 5.88 Å². The van der Waals surface area contributed by atoms with Gasteiger partial charge in [0.05, 0.1) is 18.0 Å². The molecule has 0 bridgehead atoms. The lowest BCUT2D eigenvalue weighted by Crippen LogP contribution is -2.62. The number of nitrogens with one attached hydrogen (secondary N) is 3. The number of sulfonamides is 1. The van der Waals surface area contributed by atoms with E-state index in [4.69, 9.17) is 9.47 Å². The van der Waals surface area contributed by atoms with Crippen LogP contribution in [-0.2, 0) is 29.1 Å². The number of nitrogens with zero attached hydrogens (tertiary/aromatic N) is 3. The Morgan fingerprint density at radius 2 is 1.75 bits per heavy atom. The third-order valence-electron chi connectivity index (χ3n) is 8.09. The monoisotopic (exact) mass is 686 g/mol. The van der Waals surface area contributed by atoms with E-state index in [0.717, 1.165) is 5.39 Å². The number of hydrogen-bond donors (Lipinski definition) is 3. The van der Waals surface area contributed by atoms with Crippen molar-refractivity contribution < 1.29 is 37.1 Å². The Balaban J connectivity index is 1.65. The van der Waals surface area contributed by atoms with Crippen molar-refractivity contribution in [3.8, 4) is 5.88 Å². The molecule has 0 spiro atoms. The first-order chi connectivity index (χ1) is 22.2. The van der Waals surface area contributed by atoms with Crippen LogP contribution in [0.2, 0.25) is 0 Å². The van der Waals surface area contributed by atoms with Crippen molar-refractivity contribution in [1.82, 2.24) is 30.5 Å². The molecule has 1 aliphatic heterocycles. The van der Waals surface area contributed by atoms with Crippen molar-refractivity contribution in [2.45, 2.75) is 109 Å². The van der Waals surface area contributed by atoms with Gasteiger partial charge in [-0.1, -0.05) is 45.0 Å². The Labute approximate surface area is 281 Å². The molecule has 1 aromatic carbocycles. The molecule has 0 unspecified atom stereocenters. The van der Waals surface area contributed by atoms with Gasteiger partial charge in [0.25, 0.3) is 5.91 Å². The SMILES string of the molecule is C=CC[C@](C)(NC(=O)[C@@H]1C[C@@H](Oc2nncc3ccccc23)CN1C(=O)[C@@H](NC(=O)OC(C)(C)C)C(C)(C)C)C(=O)NS(=O)(=O)C1CC1. The molecule has 4 amide bonds. The van der Waals surface area contributed by atoms with E-state index in [1.165, 1.54) is 17.9 Å². The molecule has 0 radical (unpaired) electrons.